The average molecular weight is 355 g/mol. The Kier molecular flexibility index (Phi) is 9.08. The second-order valence-electron chi connectivity index (χ2n) is 5.88. The van der Waals surface area contributed by atoms with Crippen molar-refractivity contribution >= 4 is 5.96 Å². The Morgan fingerprint density at radius 3 is 2.46 bits per heavy atom. The zero-order valence-electron chi connectivity index (χ0n) is 15.7. The number of ether oxygens (including phenoxy) is 2. The van der Waals surface area contributed by atoms with Crippen molar-refractivity contribution in [2.45, 2.75) is 19.4 Å². The first-order valence-corrected chi connectivity index (χ1v) is 9.01. The van der Waals surface area contributed by atoms with Gasteiger partial charge >= 0.3 is 0 Å². The van der Waals surface area contributed by atoms with Gasteiger partial charge in [0.15, 0.2) is 5.96 Å². The van der Waals surface area contributed by atoms with Gasteiger partial charge in [-0.25, -0.2) is 0 Å². The molecular formula is C21H29N3O2. The van der Waals surface area contributed by atoms with Gasteiger partial charge < -0.3 is 20.1 Å². The lowest BCUT2D eigenvalue weighted by Gasteiger charge is -2.13. The summed E-state index contributed by atoms with van der Waals surface area (Å²) >= 11 is 0. The van der Waals surface area contributed by atoms with Crippen molar-refractivity contribution in [3.63, 3.8) is 0 Å². The summed E-state index contributed by atoms with van der Waals surface area (Å²) in [6, 6.07) is 18.4. The molecule has 0 heterocycles. The maximum absolute atomic E-state index is 5.72. The van der Waals surface area contributed by atoms with E-state index in [2.05, 4.69) is 39.9 Å². The van der Waals surface area contributed by atoms with E-state index in [0.29, 0.717) is 19.8 Å². The monoisotopic (exact) mass is 355 g/mol. The van der Waals surface area contributed by atoms with Crippen molar-refractivity contribution in [1.29, 1.82) is 0 Å². The van der Waals surface area contributed by atoms with Gasteiger partial charge in [0.1, 0.15) is 5.75 Å². The van der Waals surface area contributed by atoms with E-state index >= 15 is 0 Å². The third-order valence-corrected chi connectivity index (χ3v) is 3.99. The topological polar surface area (TPSA) is 54.9 Å². The molecule has 0 fully saturated rings. The molecule has 0 radical (unpaired) electrons. The Balaban J connectivity index is 1.57. The number of methoxy groups -OCH3 is 1. The van der Waals surface area contributed by atoms with Gasteiger partial charge in [0.25, 0.3) is 0 Å². The molecule has 0 aliphatic rings. The summed E-state index contributed by atoms with van der Waals surface area (Å²) in [6.07, 6.45) is 2.13. The minimum Gasteiger partial charge on any atom is -0.496 e. The highest BCUT2D eigenvalue weighted by molar-refractivity contribution is 5.79. The van der Waals surface area contributed by atoms with E-state index in [9.17, 15) is 0 Å². The first kappa shape index (κ1) is 19.8. The van der Waals surface area contributed by atoms with Crippen LogP contribution in [0.4, 0.5) is 0 Å². The summed E-state index contributed by atoms with van der Waals surface area (Å²) in [5, 5.41) is 6.60. The molecule has 0 aromatic heterocycles. The number of hydrogen-bond acceptors (Lipinski definition) is 3. The van der Waals surface area contributed by atoms with Crippen LogP contribution in [0.15, 0.2) is 59.6 Å². The number of aliphatic imine (C=N–C) groups is 1. The highest BCUT2D eigenvalue weighted by Crippen LogP contribution is 2.17. The Labute approximate surface area is 156 Å². The molecule has 0 unspecified atom stereocenters. The number of rotatable bonds is 10. The molecule has 26 heavy (non-hydrogen) atoms. The van der Waals surface area contributed by atoms with Crippen LogP contribution in [0.2, 0.25) is 0 Å². The summed E-state index contributed by atoms with van der Waals surface area (Å²) in [5.41, 5.74) is 2.42. The highest BCUT2D eigenvalue weighted by atomic mass is 16.5. The third kappa shape index (κ3) is 7.15. The van der Waals surface area contributed by atoms with Crippen LogP contribution in [-0.4, -0.2) is 39.8 Å². The lowest BCUT2D eigenvalue weighted by Crippen LogP contribution is -2.39. The van der Waals surface area contributed by atoms with Crippen LogP contribution in [0, 0.1) is 0 Å². The fourth-order valence-corrected chi connectivity index (χ4v) is 2.61. The maximum Gasteiger partial charge on any atom is 0.191 e. The van der Waals surface area contributed by atoms with Crippen LogP contribution >= 0.6 is 0 Å². The van der Waals surface area contributed by atoms with Crippen molar-refractivity contribution in [3.8, 4) is 5.75 Å². The van der Waals surface area contributed by atoms with Gasteiger partial charge in [0.05, 0.1) is 20.3 Å². The summed E-state index contributed by atoms with van der Waals surface area (Å²) in [7, 11) is 3.45. The van der Waals surface area contributed by atoms with E-state index in [1.165, 1.54) is 5.56 Å². The van der Waals surface area contributed by atoms with E-state index in [1.807, 2.05) is 30.3 Å². The van der Waals surface area contributed by atoms with E-state index in [1.54, 1.807) is 14.2 Å². The quantitative estimate of drug-likeness (QED) is 0.391. The largest absolute Gasteiger partial charge is 0.496 e. The zero-order valence-corrected chi connectivity index (χ0v) is 15.7. The SMILES string of the molecule is CN=C(NCCCc1ccccc1)NCCOCc1ccccc1OC. The summed E-state index contributed by atoms with van der Waals surface area (Å²) < 4.78 is 11.0. The van der Waals surface area contributed by atoms with Gasteiger partial charge in [0.2, 0.25) is 0 Å². The standard InChI is InChI=1S/C21H29N3O2/c1-22-21(23-14-8-11-18-9-4-3-5-10-18)24-15-16-26-17-19-12-6-7-13-20(19)25-2/h3-7,9-10,12-13H,8,11,14-17H2,1-2H3,(H2,22,23,24). The number of nitrogens with zero attached hydrogens (tertiary/aromatic N) is 1. The van der Waals surface area contributed by atoms with Crippen LogP contribution in [0.1, 0.15) is 17.5 Å². The summed E-state index contributed by atoms with van der Waals surface area (Å²) in [4.78, 5) is 4.23. The lowest BCUT2D eigenvalue weighted by molar-refractivity contribution is 0.123. The molecule has 5 heteroatoms. The predicted octanol–water partition coefficient (Wildman–Crippen LogP) is 3.01. The molecule has 0 saturated carbocycles. The van der Waals surface area contributed by atoms with Crippen molar-refractivity contribution < 1.29 is 9.47 Å². The van der Waals surface area contributed by atoms with Crippen LogP contribution in [0.3, 0.4) is 0 Å². The Bertz CT molecular complexity index is 659. The molecule has 0 atom stereocenters. The highest BCUT2D eigenvalue weighted by Gasteiger charge is 2.02. The summed E-state index contributed by atoms with van der Waals surface area (Å²) in [5.74, 6) is 1.66. The fourth-order valence-electron chi connectivity index (χ4n) is 2.61. The molecule has 0 aliphatic heterocycles. The predicted molar refractivity (Wildman–Crippen MR) is 107 cm³/mol. The molecule has 0 saturated heterocycles. The molecule has 0 bridgehead atoms. The Hall–Kier alpha value is -2.53. The van der Waals surface area contributed by atoms with Gasteiger partial charge in [-0.2, -0.15) is 0 Å². The summed E-state index contributed by atoms with van der Waals surface area (Å²) in [6.45, 7) is 2.72. The molecule has 2 aromatic carbocycles. The molecule has 0 amide bonds. The number of guanidine groups is 1. The first-order chi connectivity index (χ1) is 12.8. The second kappa shape index (κ2) is 11.9. The Morgan fingerprint density at radius 2 is 1.69 bits per heavy atom. The van der Waals surface area contributed by atoms with E-state index in [-0.39, 0.29) is 0 Å². The van der Waals surface area contributed by atoms with E-state index < -0.39 is 0 Å². The molecule has 140 valence electrons. The normalized spacial score (nSPS) is 11.2. The van der Waals surface area contributed by atoms with Gasteiger partial charge in [-0.3, -0.25) is 4.99 Å². The molecule has 2 rings (SSSR count). The van der Waals surface area contributed by atoms with E-state index in [0.717, 1.165) is 36.7 Å². The number of para-hydroxylation sites is 1. The molecule has 0 spiro atoms. The van der Waals surface area contributed by atoms with Gasteiger partial charge in [-0.05, 0) is 24.5 Å². The fraction of sp³-hybridized carbons (Fsp3) is 0.381. The van der Waals surface area contributed by atoms with Crippen LogP contribution in [0.25, 0.3) is 0 Å². The third-order valence-electron chi connectivity index (χ3n) is 3.99. The number of benzene rings is 2. The average Bonchev–Trinajstić information content (AvgIpc) is 2.70. The minimum absolute atomic E-state index is 0.537. The van der Waals surface area contributed by atoms with Gasteiger partial charge in [-0.15, -0.1) is 0 Å². The number of hydrogen-bond donors (Lipinski definition) is 2. The van der Waals surface area contributed by atoms with Gasteiger partial charge in [-0.1, -0.05) is 48.5 Å². The van der Waals surface area contributed by atoms with Crippen molar-refractivity contribution in [2.75, 3.05) is 33.9 Å². The second-order valence-corrected chi connectivity index (χ2v) is 5.88. The number of nitrogens with one attached hydrogen (secondary N) is 2. The van der Waals surface area contributed by atoms with Crippen LogP contribution < -0.4 is 15.4 Å². The molecular weight excluding hydrogens is 326 g/mol. The van der Waals surface area contributed by atoms with Crippen molar-refractivity contribution in [3.05, 3.63) is 65.7 Å². The number of aryl methyl sites for hydroxylation is 1. The lowest BCUT2D eigenvalue weighted by atomic mass is 10.1. The molecule has 2 aromatic rings. The first-order valence-electron chi connectivity index (χ1n) is 9.01. The molecule has 0 aliphatic carbocycles. The van der Waals surface area contributed by atoms with E-state index in [4.69, 9.17) is 9.47 Å². The van der Waals surface area contributed by atoms with Crippen molar-refractivity contribution in [2.24, 2.45) is 4.99 Å². The molecule has 2 N–H and O–H groups in total. The maximum atomic E-state index is 5.72. The minimum atomic E-state index is 0.537. The Morgan fingerprint density at radius 1 is 0.962 bits per heavy atom. The van der Waals surface area contributed by atoms with Crippen molar-refractivity contribution in [1.82, 2.24) is 10.6 Å². The smallest absolute Gasteiger partial charge is 0.191 e. The zero-order chi connectivity index (χ0) is 18.5. The molecule has 5 nitrogen and oxygen atoms in total. The van der Waals surface area contributed by atoms with Crippen LogP contribution in [0.5, 0.6) is 5.75 Å². The van der Waals surface area contributed by atoms with Gasteiger partial charge in [0, 0.05) is 25.7 Å². The van der Waals surface area contributed by atoms with Crippen LogP contribution in [-0.2, 0) is 17.8 Å².